The van der Waals surface area contributed by atoms with Gasteiger partial charge in [-0.25, -0.2) is 0 Å². The molecule has 1 aromatic carbocycles. The molecule has 0 saturated heterocycles. The molecule has 0 aliphatic rings. The quantitative estimate of drug-likeness (QED) is 0.712. The number of nitrogens with zero attached hydrogens (tertiary/aromatic N) is 2. The summed E-state index contributed by atoms with van der Waals surface area (Å²) in [6.45, 7) is 0. The first kappa shape index (κ1) is 7.24. The summed E-state index contributed by atoms with van der Waals surface area (Å²) in [5.41, 5.74) is 0.952. The van der Waals surface area contributed by atoms with Crippen molar-refractivity contribution >= 4 is 11.6 Å². The number of hydrogen-bond donors (Lipinski definition) is 1. The van der Waals surface area contributed by atoms with Crippen molar-refractivity contribution in [2.45, 2.75) is 0 Å². The lowest BCUT2D eigenvalue weighted by molar-refractivity contribution is -0.444. The normalized spacial score (nSPS) is 10.1. The summed E-state index contributed by atoms with van der Waals surface area (Å²) in [5, 5.41) is 13.4. The highest BCUT2D eigenvalue weighted by atomic mass is 35.5. The van der Waals surface area contributed by atoms with Crippen LogP contribution in [0.25, 0.3) is 11.4 Å². The zero-order valence-corrected chi connectivity index (χ0v) is 6.84. The van der Waals surface area contributed by atoms with Crippen LogP contribution in [0.4, 0.5) is 0 Å². The van der Waals surface area contributed by atoms with Crippen molar-refractivity contribution in [1.82, 2.24) is 15.5 Å². The third-order valence-corrected chi connectivity index (χ3v) is 1.74. The summed E-state index contributed by atoms with van der Waals surface area (Å²) in [6, 6.07) is 7.35. The van der Waals surface area contributed by atoms with Crippen LogP contribution in [0.1, 0.15) is 0 Å². The van der Waals surface area contributed by atoms with Crippen LogP contribution in [-0.2, 0) is 0 Å². The average molecular weight is 182 g/mol. The summed E-state index contributed by atoms with van der Waals surface area (Å²) >= 11 is 5.72. The first-order chi connectivity index (χ1) is 5.86. The van der Waals surface area contributed by atoms with Gasteiger partial charge in [0.15, 0.2) is 5.21 Å². The minimum atomic E-state index is 0.701. The van der Waals surface area contributed by atoms with E-state index in [0.717, 1.165) is 5.56 Å². The molecule has 1 heterocycles. The molecule has 0 radical (unpaired) electrons. The van der Waals surface area contributed by atoms with E-state index < -0.39 is 0 Å². The van der Waals surface area contributed by atoms with Gasteiger partial charge in [0.25, 0.3) is 0 Å². The number of aromatic amines is 2. The summed E-state index contributed by atoms with van der Waals surface area (Å²) in [7, 11) is 0. The van der Waals surface area contributed by atoms with E-state index in [2.05, 4.69) is 20.6 Å². The van der Waals surface area contributed by atoms with Crippen LogP contribution in [0.2, 0.25) is 5.02 Å². The number of hydrogen-bond acceptors (Lipinski definition) is 2. The minimum Gasteiger partial charge on any atom is -0.172 e. The van der Waals surface area contributed by atoms with Crippen molar-refractivity contribution in [1.29, 1.82) is 0 Å². The molecule has 0 atom stereocenters. The molecule has 2 rings (SSSR count). The van der Waals surface area contributed by atoms with Crippen molar-refractivity contribution in [3.8, 4) is 11.4 Å². The molecular weight excluding hydrogens is 176 g/mol. The Kier molecular flexibility index (Phi) is 1.75. The molecule has 4 nitrogen and oxygen atoms in total. The van der Waals surface area contributed by atoms with Crippen LogP contribution >= 0.6 is 11.6 Å². The molecule has 0 unspecified atom stereocenters. The maximum absolute atomic E-state index is 5.72. The van der Waals surface area contributed by atoms with Crippen LogP contribution in [-0.4, -0.2) is 15.5 Å². The van der Waals surface area contributed by atoms with Crippen LogP contribution in [0, 0.1) is 0 Å². The van der Waals surface area contributed by atoms with Gasteiger partial charge in [-0.05, 0) is 24.3 Å². The van der Waals surface area contributed by atoms with Crippen molar-refractivity contribution < 1.29 is 5.10 Å². The number of aromatic nitrogens is 4. The fraction of sp³-hybridized carbons (Fsp3) is 0. The Balaban J connectivity index is 2.43. The van der Waals surface area contributed by atoms with Crippen LogP contribution in [0.15, 0.2) is 24.3 Å². The van der Waals surface area contributed by atoms with E-state index in [4.69, 9.17) is 11.6 Å². The molecule has 2 N–H and O–H groups in total. The molecule has 0 spiro atoms. The Hall–Kier alpha value is -1.42. The standard InChI is InChI=1S/C7H5ClN4/c8-6-3-1-5(2-4-6)7-9-11-12-10-7/h1-4H,(H,9,10,11,12)/p+1. The zero-order chi connectivity index (χ0) is 8.39. The number of nitrogens with one attached hydrogen (secondary N) is 2. The molecule has 0 fully saturated rings. The lowest BCUT2D eigenvalue weighted by Gasteiger charge is -1.89. The van der Waals surface area contributed by atoms with Crippen molar-refractivity contribution in [2.75, 3.05) is 0 Å². The summed E-state index contributed by atoms with van der Waals surface area (Å²) in [6.07, 6.45) is 0. The maximum Gasteiger partial charge on any atom is 0.329 e. The van der Waals surface area contributed by atoms with Gasteiger partial charge in [0.1, 0.15) is 5.10 Å². The predicted octanol–water partition coefficient (Wildman–Crippen LogP) is 0.939. The Bertz CT molecular complexity index is 353. The second-order valence-corrected chi connectivity index (χ2v) is 2.73. The molecule has 2 aromatic rings. The predicted molar refractivity (Wildman–Crippen MR) is 43.4 cm³/mol. The average Bonchev–Trinajstić information content (AvgIpc) is 2.58. The van der Waals surface area contributed by atoms with Crippen molar-refractivity contribution in [2.24, 2.45) is 0 Å². The molecule has 0 aliphatic carbocycles. The Morgan fingerprint density at radius 3 is 2.58 bits per heavy atom. The maximum atomic E-state index is 5.72. The highest BCUT2D eigenvalue weighted by Crippen LogP contribution is 2.14. The van der Waals surface area contributed by atoms with Crippen LogP contribution in [0.3, 0.4) is 0 Å². The van der Waals surface area contributed by atoms with Gasteiger partial charge in [0.05, 0.1) is 5.56 Å². The van der Waals surface area contributed by atoms with Crippen molar-refractivity contribution in [3.63, 3.8) is 0 Å². The van der Waals surface area contributed by atoms with E-state index in [-0.39, 0.29) is 0 Å². The van der Waals surface area contributed by atoms with E-state index in [9.17, 15) is 0 Å². The van der Waals surface area contributed by atoms with Crippen LogP contribution in [0.5, 0.6) is 0 Å². The van der Waals surface area contributed by atoms with Gasteiger partial charge < -0.3 is 0 Å². The lowest BCUT2D eigenvalue weighted by atomic mass is 10.2. The van der Waals surface area contributed by atoms with E-state index in [1.807, 2.05) is 12.1 Å². The molecule has 12 heavy (non-hydrogen) atoms. The Labute approximate surface area is 73.6 Å². The van der Waals surface area contributed by atoms with Gasteiger partial charge in [-0.2, -0.15) is 5.10 Å². The monoisotopic (exact) mass is 181 g/mol. The van der Waals surface area contributed by atoms with E-state index >= 15 is 0 Å². The van der Waals surface area contributed by atoms with E-state index in [1.54, 1.807) is 12.1 Å². The minimum absolute atomic E-state index is 0.701. The second-order valence-electron chi connectivity index (χ2n) is 2.29. The first-order valence-corrected chi connectivity index (χ1v) is 3.79. The zero-order valence-electron chi connectivity index (χ0n) is 6.08. The molecule has 0 saturated carbocycles. The number of benzene rings is 1. The molecule has 1 aromatic heterocycles. The number of tetrazole rings is 1. The highest BCUT2D eigenvalue weighted by Gasteiger charge is 2.07. The Morgan fingerprint density at radius 2 is 2.00 bits per heavy atom. The van der Waals surface area contributed by atoms with Crippen LogP contribution < -0.4 is 5.10 Å². The molecule has 0 bridgehead atoms. The fourth-order valence-electron chi connectivity index (χ4n) is 0.916. The summed E-state index contributed by atoms with van der Waals surface area (Å²) in [4.78, 5) is 0. The van der Waals surface area contributed by atoms with Gasteiger partial charge >= 0.3 is 5.82 Å². The fourth-order valence-corrected chi connectivity index (χ4v) is 1.04. The van der Waals surface area contributed by atoms with Crippen molar-refractivity contribution in [3.05, 3.63) is 29.3 Å². The smallest absolute Gasteiger partial charge is 0.172 e. The molecule has 60 valence electrons. The number of halogens is 1. The van der Waals surface area contributed by atoms with Gasteiger partial charge in [-0.3, -0.25) is 0 Å². The largest absolute Gasteiger partial charge is 0.329 e. The first-order valence-electron chi connectivity index (χ1n) is 3.41. The third-order valence-electron chi connectivity index (χ3n) is 1.49. The second kappa shape index (κ2) is 2.91. The molecule has 5 heteroatoms. The summed E-state index contributed by atoms with van der Waals surface area (Å²) in [5.74, 6) is 0.701. The number of H-pyrrole nitrogens is 2. The van der Waals surface area contributed by atoms with Gasteiger partial charge in [-0.15, -0.1) is 0 Å². The van der Waals surface area contributed by atoms with E-state index in [0.29, 0.717) is 10.8 Å². The molecular formula is C7H6ClN4+. The van der Waals surface area contributed by atoms with E-state index in [1.165, 1.54) is 0 Å². The SMILES string of the molecule is Clc1ccc(-c2nn[nH][nH+]2)cc1. The number of rotatable bonds is 1. The summed E-state index contributed by atoms with van der Waals surface area (Å²) < 4.78 is 0. The van der Waals surface area contributed by atoms with Gasteiger partial charge in [-0.1, -0.05) is 16.8 Å². The molecule has 0 aliphatic heterocycles. The topological polar surface area (TPSA) is 55.7 Å². The van der Waals surface area contributed by atoms with Gasteiger partial charge in [0, 0.05) is 5.02 Å². The van der Waals surface area contributed by atoms with Gasteiger partial charge in [0.2, 0.25) is 0 Å². The third kappa shape index (κ3) is 1.29. The lowest BCUT2D eigenvalue weighted by Crippen LogP contribution is -2.05. The Morgan fingerprint density at radius 1 is 1.25 bits per heavy atom. The molecule has 0 amide bonds. The highest BCUT2D eigenvalue weighted by molar-refractivity contribution is 6.30.